The van der Waals surface area contributed by atoms with Crippen molar-refractivity contribution in [3.8, 4) is 0 Å². The van der Waals surface area contributed by atoms with E-state index < -0.39 is 5.82 Å². The summed E-state index contributed by atoms with van der Waals surface area (Å²) in [4.78, 5) is 3.71. The number of hydrogen-bond acceptors (Lipinski definition) is 3. The lowest BCUT2D eigenvalue weighted by Crippen LogP contribution is -2.15. The van der Waals surface area contributed by atoms with Crippen molar-refractivity contribution in [3.63, 3.8) is 0 Å². The second-order valence-electron chi connectivity index (χ2n) is 4.65. The molecule has 1 aromatic heterocycles. The van der Waals surface area contributed by atoms with Gasteiger partial charge in [-0.25, -0.2) is 9.37 Å². The van der Waals surface area contributed by atoms with Gasteiger partial charge in [0.15, 0.2) is 0 Å². The summed E-state index contributed by atoms with van der Waals surface area (Å²) in [6.07, 6.45) is 6.15. The summed E-state index contributed by atoms with van der Waals surface area (Å²) in [6, 6.07) is 1.47. The second-order valence-corrected chi connectivity index (χ2v) is 5.04. The Morgan fingerprint density at radius 3 is 2.76 bits per heavy atom. The fraction of sp³-hybridized carbons (Fsp3) is 0.125. The van der Waals surface area contributed by atoms with Gasteiger partial charge in [-0.1, -0.05) is 24.3 Å². The van der Waals surface area contributed by atoms with Crippen LogP contribution in [0.2, 0.25) is 5.15 Å². The first kappa shape index (κ1) is 15.2. The molecule has 0 bridgehead atoms. The fourth-order valence-electron chi connectivity index (χ4n) is 2.13. The monoisotopic (exact) mass is 303 g/mol. The normalized spacial score (nSPS) is 16.6. The molecule has 3 nitrogen and oxygen atoms in total. The molecule has 0 aliphatic heterocycles. The lowest BCUT2D eigenvalue weighted by atomic mass is 9.93. The van der Waals surface area contributed by atoms with Crippen LogP contribution in [0.4, 0.5) is 4.39 Å². The number of pyridine rings is 1. The van der Waals surface area contributed by atoms with Crippen molar-refractivity contribution >= 4 is 22.9 Å². The van der Waals surface area contributed by atoms with Crippen LogP contribution >= 0.6 is 11.6 Å². The fourth-order valence-corrected chi connectivity index (χ4v) is 2.29. The molecule has 21 heavy (non-hydrogen) atoms. The van der Waals surface area contributed by atoms with Crippen molar-refractivity contribution in [1.29, 1.82) is 5.41 Å². The summed E-state index contributed by atoms with van der Waals surface area (Å²) in [5.74, 6) is -0.454. The molecule has 0 fully saturated rings. The van der Waals surface area contributed by atoms with E-state index in [-0.39, 0.29) is 5.15 Å². The number of rotatable bonds is 3. The molecule has 0 saturated carbocycles. The van der Waals surface area contributed by atoms with E-state index in [1.54, 1.807) is 25.3 Å². The molecule has 1 aliphatic carbocycles. The zero-order chi connectivity index (χ0) is 15.6. The Hall–Kier alpha value is -2.20. The summed E-state index contributed by atoms with van der Waals surface area (Å²) < 4.78 is 13.9. The van der Waals surface area contributed by atoms with Crippen molar-refractivity contribution in [2.24, 2.45) is 0 Å². The van der Waals surface area contributed by atoms with E-state index in [0.29, 0.717) is 22.4 Å². The lowest BCUT2D eigenvalue weighted by molar-refractivity contribution is 0.618. The van der Waals surface area contributed by atoms with Crippen LogP contribution in [0.15, 0.2) is 53.9 Å². The van der Waals surface area contributed by atoms with Gasteiger partial charge in [0.25, 0.3) is 0 Å². The molecule has 0 saturated heterocycles. The number of nitrogens with zero attached hydrogens (tertiary/aromatic N) is 1. The van der Waals surface area contributed by atoms with Crippen LogP contribution in [0.5, 0.6) is 0 Å². The van der Waals surface area contributed by atoms with Gasteiger partial charge in [0, 0.05) is 23.9 Å². The highest BCUT2D eigenvalue weighted by molar-refractivity contribution is 6.29. The summed E-state index contributed by atoms with van der Waals surface area (Å²) in [5.41, 5.74) is 3.55. The molecule has 0 atom stereocenters. The minimum absolute atomic E-state index is 0.223. The number of likely N-dealkylation sites (N-methyl/N-ethyl adjacent to an activating group) is 1. The van der Waals surface area contributed by atoms with E-state index in [0.717, 1.165) is 17.5 Å². The third-order valence-corrected chi connectivity index (χ3v) is 3.31. The van der Waals surface area contributed by atoms with Crippen molar-refractivity contribution in [2.45, 2.75) is 6.92 Å². The molecule has 1 aliphatic rings. The van der Waals surface area contributed by atoms with Gasteiger partial charge in [0.1, 0.15) is 11.0 Å². The molecule has 108 valence electrons. The minimum Gasteiger partial charge on any atom is -0.387 e. The molecule has 0 amide bonds. The topological polar surface area (TPSA) is 48.8 Å². The number of allylic oxidation sites excluding steroid dienone is 6. The maximum absolute atomic E-state index is 13.9. The van der Waals surface area contributed by atoms with Gasteiger partial charge in [-0.3, -0.25) is 0 Å². The highest BCUT2D eigenvalue weighted by Gasteiger charge is 2.16. The maximum atomic E-state index is 13.9. The number of halogens is 2. The molecule has 0 radical (unpaired) electrons. The van der Waals surface area contributed by atoms with Crippen LogP contribution in [-0.2, 0) is 0 Å². The zero-order valence-corrected chi connectivity index (χ0v) is 12.6. The maximum Gasteiger partial charge on any atom is 0.149 e. The molecule has 2 rings (SSSR count). The van der Waals surface area contributed by atoms with E-state index in [2.05, 4.69) is 16.9 Å². The van der Waals surface area contributed by atoms with Crippen LogP contribution in [0, 0.1) is 11.2 Å². The van der Waals surface area contributed by atoms with Crippen LogP contribution in [0.1, 0.15) is 12.5 Å². The highest BCUT2D eigenvalue weighted by Crippen LogP contribution is 2.28. The number of aromatic nitrogens is 1. The van der Waals surface area contributed by atoms with Crippen LogP contribution in [0.25, 0.3) is 5.57 Å². The van der Waals surface area contributed by atoms with Gasteiger partial charge in [0.2, 0.25) is 0 Å². The Kier molecular flexibility index (Phi) is 4.38. The van der Waals surface area contributed by atoms with Gasteiger partial charge in [-0.2, -0.15) is 0 Å². The van der Waals surface area contributed by atoms with Crippen LogP contribution < -0.4 is 5.32 Å². The van der Waals surface area contributed by atoms with Gasteiger partial charge >= 0.3 is 0 Å². The van der Waals surface area contributed by atoms with E-state index >= 15 is 0 Å². The third-order valence-electron chi connectivity index (χ3n) is 3.10. The van der Waals surface area contributed by atoms with Gasteiger partial charge in [-0.05, 0) is 36.3 Å². The molecule has 1 heterocycles. The molecular weight excluding hydrogens is 289 g/mol. The third kappa shape index (κ3) is 3.11. The van der Waals surface area contributed by atoms with Gasteiger partial charge in [-0.15, -0.1) is 0 Å². The largest absolute Gasteiger partial charge is 0.387 e. The lowest BCUT2D eigenvalue weighted by Gasteiger charge is -2.17. The first-order valence-corrected chi connectivity index (χ1v) is 6.70. The first-order valence-electron chi connectivity index (χ1n) is 6.32. The summed E-state index contributed by atoms with van der Waals surface area (Å²) >= 11 is 5.83. The second kappa shape index (κ2) is 6.06. The van der Waals surface area contributed by atoms with Crippen molar-refractivity contribution < 1.29 is 4.39 Å². The Bertz CT molecular complexity index is 714. The van der Waals surface area contributed by atoms with E-state index in [1.807, 2.05) is 6.92 Å². The number of hydrogen-bond donors (Lipinski definition) is 2. The van der Waals surface area contributed by atoms with E-state index in [1.165, 1.54) is 6.07 Å². The molecule has 0 unspecified atom stereocenters. The van der Waals surface area contributed by atoms with Crippen molar-refractivity contribution in [2.75, 3.05) is 7.05 Å². The van der Waals surface area contributed by atoms with Gasteiger partial charge < -0.3 is 10.7 Å². The molecule has 2 N–H and O–H groups in total. The molecule has 5 heteroatoms. The Morgan fingerprint density at radius 1 is 1.43 bits per heavy atom. The van der Waals surface area contributed by atoms with Crippen molar-refractivity contribution in [3.05, 3.63) is 70.4 Å². The Morgan fingerprint density at radius 2 is 2.14 bits per heavy atom. The average Bonchev–Trinajstić information content (AvgIpc) is 2.44. The standard InChI is InChI=1S/C16H15ClFN3/c1-9(2)16(20-3)12-6-10(4-5-14(12)19)11-7-15(17)21-8-13(11)18/h4-8,19-20H,1H2,2-3H3/b16-12-,19-14?. The van der Waals surface area contributed by atoms with Gasteiger partial charge in [0.05, 0.1) is 11.9 Å². The summed E-state index contributed by atoms with van der Waals surface area (Å²) in [5, 5.41) is 11.3. The number of nitrogens with one attached hydrogen (secondary N) is 2. The molecule has 1 aromatic rings. The molecule has 0 spiro atoms. The predicted molar refractivity (Wildman–Crippen MR) is 84.9 cm³/mol. The Labute approximate surface area is 128 Å². The first-order chi connectivity index (χ1) is 9.93. The quantitative estimate of drug-likeness (QED) is 0.832. The summed E-state index contributed by atoms with van der Waals surface area (Å²) in [7, 11) is 1.76. The smallest absolute Gasteiger partial charge is 0.149 e. The molecule has 0 aromatic carbocycles. The SMILES string of the molecule is C=C(C)/C(NC)=C1\C=C(c2cc(Cl)ncc2F)C=CC1=N. The average molecular weight is 304 g/mol. The highest BCUT2D eigenvalue weighted by atomic mass is 35.5. The van der Waals surface area contributed by atoms with Crippen LogP contribution in [-0.4, -0.2) is 17.7 Å². The predicted octanol–water partition coefficient (Wildman–Crippen LogP) is 3.90. The van der Waals surface area contributed by atoms with Crippen molar-refractivity contribution in [1.82, 2.24) is 10.3 Å². The Balaban J connectivity index is 2.60. The van der Waals surface area contributed by atoms with Crippen LogP contribution in [0.3, 0.4) is 0 Å². The molecular formula is C16H15ClFN3. The van der Waals surface area contributed by atoms with E-state index in [9.17, 15) is 4.39 Å². The summed E-state index contributed by atoms with van der Waals surface area (Å²) in [6.45, 7) is 5.74. The van der Waals surface area contributed by atoms with E-state index in [4.69, 9.17) is 17.0 Å². The zero-order valence-electron chi connectivity index (χ0n) is 11.8. The minimum atomic E-state index is -0.454.